The average Bonchev–Trinajstić information content (AvgIpc) is 3.11. The first kappa shape index (κ1) is 49.4. The molecule has 0 bridgehead atoms. The van der Waals surface area contributed by atoms with Crippen molar-refractivity contribution in [3.63, 3.8) is 0 Å². The summed E-state index contributed by atoms with van der Waals surface area (Å²) in [6, 6.07) is 0. The van der Waals surface area contributed by atoms with Crippen LogP contribution in [-0.2, 0) is 28.6 Å². The molecule has 0 aliphatic rings. The lowest BCUT2D eigenvalue weighted by Crippen LogP contribution is -2.30. The van der Waals surface area contributed by atoms with Crippen molar-refractivity contribution in [1.82, 2.24) is 0 Å². The van der Waals surface area contributed by atoms with Crippen molar-refractivity contribution in [3.8, 4) is 0 Å². The minimum absolute atomic E-state index is 0.0642. The van der Waals surface area contributed by atoms with E-state index in [2.05, 4.69) is 27.7 Å². The fourth-order valence-electron chi connectivity index (χ4n) is 6.63. The molecule has 0 rings (SSSR count). The zero-order valence-corrected chi connectivity index (χ0v) is 34.6. The van der Waals surface area contributed by atoms with Crippen LogP contribution < -0.4 is 0 Å². The topological polar surface area (TPSA) is 78.9 Å². The first-order chi connectivity index (χ1) is 24.9. The Labute approximate surface area is 317 Å². The van der Waals surface area contributed by atoms with Crippen LogP contribution in [0.15, 0.2) is 0 Å². The highest BCUT2D eigenvalue weighted by atomic mass is 16.6. The Kier molecular flexibility index (Phi) is 38.4. The van der Waals surface area contributed by atoms with Crippen molar-refractivity contribution >= 4 is 17.9 Å². The van der Waals surface area contributed by atoms with Gasteiger partial charge in [-0.3, -0.25) is 14.4 Å². The van der Waals surface area contributed by atoms with Crippen LogP contribution in [0.1, 0.15) is 246 Å². The van der Waals surface area contributed by atoms with Crippen molar-refractivity contribution in [2.75, 3.05) is 13.2 Å². The first-order valence-electron chi connectivity index (χ1n) is 22.4. The minimum atomic E-state index is -0.758. The molecule has 302 valence electrons. The normalized spacial score (nSPS) is 11.9. The van der Waals surface area contributed by atoms with Crippen LogP contribution in [-0.4, -0.2) is 37.2 Å². The highest BCUT2D eigenvalue weighted by Gasteiger charge is 2.19. The molecule has 0 N–H and O–H groups in total. The monoisotopic (exact) mass is 723 g/mol. The molecule has 0 aromatic rings. The van der Waals surface area contributed by atoms with Gasteiger partial charge in [0.1, 0.15) is 13.2 Å². The Hall–Kier alpha value is -1.59. The molecule has 0 aromatic carbocycles. The lowest BCUT2D eigenvalue weighted by molar-refractivity contribution is -0.167. The number of ether oxygens (including phenoxy) is 3. The van der Waals surface area contributed by atoms with E-state index in [1.165, 1.54) is 141 Å². The van der Waals surface area contributed by atoms with Gasteiger partial charge in [-0.15, -0.1) is 0 Å². The van der Waals surface area contributed by atoms with Gasteiger partial charge in [0.2, 0.25) is 0 Å². The van der Waals surface area contributed by atoms with Gasteiger partial charge in [-0.1, -0.05) is 207 Å². The Balaban J connectivity index is 4.32. The zero-order valence-electron chi connectivity index (χ0n) is 34.6. The summed E-state index contributed by atoms with van der Waals surface area (Å²) >= 11 is 0. The van der Waals surface area contributed by atoms with E-state index in [1.807, 2.05) is 0 Å². The molecule has 6 heteroatoms. The number of carbonyl (C=O) groups is 3. The molecule has 0 saturated carbocycles. The van der Waals surface area contributed by atoms with Gasteiger partial charge in [-0.25, -0.2) is 0 Å². The molecule has 0 radical (unpaired) electrons. The molecule has 0 aromatic heterocycles. The third kappa shape index (κ3) is 39.5. The highest BCUT2D eigenvalue weighted by Crippen LogP contribution is 2.16. The van der Waals surface area contributed by atoms with Crippen molar-refractivity contribution in [2.24, 2.45) is 5.92 Å². The van der Waals surface area contributed by atoms with E-state index in [4.69, 9.17) is 14.2 Å². The maximum absolute atomic E-state index is 12.7. The van der Waals surface area contributed by atoms with Gasteiger partial charge in [-0.2, -0.15) is 0 Å². The fraction of sp³-hybridized carbons (Fsp3) is 0.933. The lowest BCUT2D eigenvalue weighted by atomic mass is 10.0. The van der Waals surface area contributed by atoms with Gasteiger partial charge in [-0.05, 0) is 25.2 Å². The molecule has 0 fully saturated rings. The third-order valence-corrected chi connectivity index (χ3v) is 10.0. The SMILES string of the molecule is CCCCCCCCCCCCCCC(=O)OC[C@@H](COC(=O)CCCCCCCCCCC)OC(=O)CCCCCCCCCCCC(C)C. The molecule has 0 aliphatic carbocycles. The zero-order chi connectivity index (χ0) is 37.5. The quantitative estimate of drug-likeness (QED) is 0.0356. The van der Waals surface area contributed by atoms with Crippen LogP contribution in [0.5, 0.6) is 0 Å². The van der Waals surface area contributed by atoms with Crippen LogP contribution in [0.25, 0.3) is 0 Å². The largest absolute Gasteiger partial charge is 0.462 e. The summed E-state index contributed by atoms with van der Waals surface area (Å²) in [4.78, 5) is 37.6. The molecular weight excluding hydrogens is 636 g/mol. The predicted octanol–water partition coefficient (Wildman–Crippen LogP) is 13.9. The smallest absolute Gasteiger partial charge is 0.306 e. The van der Waals surface area contributed by atoms with Gasteiger partial charge < -0.3 is 14.2 Å². The standard InChI is InChI=1S/C45H86O6/c1-5-7-9-11-13-15-16-17-21-25-29-33-37-44(47)50-40-42(39-49-43(46)36-32-28-24-19-14-12-10-8-6-2)51-45(48)38-34-30-26-22-18-20-23-27-31-35-41(3)4/h41-42H,5-40H2,1-4H3/t42-/m1/s1. The van der Waals surface area contributed by atoms with E-state index >= 15 is 0 Å². The Morgan fingerprint density at radius 3 is 0.961 bits per heavy atom. The summed E-state index contributed by atoms with van der Waals surface area (Å²) in [7, 11) is 0. The van der Waals surface area contributed by atoms with Crippen LogP contribution in [0.3, 0.4) is 0 Å². The van der Waals surface area contributed by atoms with E-state index < -0.39 is 6.10 Å². The van der Waals surface area contributed by atoms with Crippen molar-refractivity contribution in [1.29, 1.82) is 0 Å². The van der Waals surface area contributed by atoms with Gasteiger partial charge in [0, 0.05) is 19.3 Å². The van der Waals surface area contributed by atoms with Gasteiger partial charge in [0.25, 0.3) is 0 Å². The Morgan fingerprint density at radius 2 is 0.647 bits per heavy atom. The van der Waals surface area contributed by atoms with E-state index in [0.717, 1.165) is 63.7 Å². The second-order valence-electron chi connectivity index (χ2n) is 15.8. The molecule has 6 nitrogen and oxygen atoms in total. The number of carbonyl (C=O) groups excluding carboxylic acids is 3. The molecule has 0 amide bonds. The van der Waals surface area contributed by atoms with Crippen molar-refractivity contribution in [3.05, 3.63) is 0 Å². The maximum atomic E-state index is 12.7. The molecule has 51 heavy (non-hydrogen) atoms. The summed E-state index contributed by atoms with van der Waals surface area (Å²) in [6.07, 6.45) is 38.0. The van der Waals surface area contributed by atoms with Crippen LogP contribution in [0, 0.1) is 5.92 Å². The van der Waals surface area contributed by atoms with Crippen molar-refractivity contribution < 1.29 is 28.6 Å². The number of unbranched alkanes of at least 4 members (excludes halogenated alkanes) is 27. The molecule has 0 heterocycles. The van der Waals surface area contributed by atoms with Crippen LogP contribution in [0.4, 0.5) is 0 Å². The second kappa shape index (κ2) is 39.6. The molecule has 0 saturated heterocycles. The highest BCUT2D eigenvalue weighted by molar-refractivity contribution is 5.71. The van der Waals surface area contributed by atoms with Crippen molar-refractivity contribution in [2.45, 2.75) is 252 Å². The number of hydrogen-bond donors (Lipinski definition) is 0. The molecule has 0 spiro atoms. The summed E-state index contributed by atoms with van der Waals surface area (Å²) in [5, 5.41) is 0. The fourth-order valence-corrected chi connectivity index (χ4v) is 6.63. The predicted molar refractivity (Wildman–Crippen MR) is 215 cm³/mol. The van der Waals surface area contributed by atoms with Crippen LogP contribution in [0.2, 0.25) is 0 Å². The lowest BCUT2D eigenvalue weighted by Gasteiger charge is -2.18. The van der Waals surface area contributed by atoms with Gasteiger partial charge >= 0.3 is 17.9 Å². The van der Waals surface area contributed by atoms with E-state index in [9.17, 15) is 14.4 Å². The van der Waals surface area contributed by atoms with E-state index in [-0.39, 0.29) is 31.1 Å². The van der Waals surface area contributed by atoms with E-state index in [1.54, 1.807) is 0 Å². The number of hydrogen-bond acceptors (Lipinski definition) is 6. The molecule has 0 aliphatic heterocycles. The van der Waals surface area contributed by atoms with E-state index in [0.29, 0.717) is 19.3 Å². The Morgan fingerprint density at radius 1 is 0.373 bits per heavy atom. The first-order valence-corrected chi connectivity index (χ1v) is 22.4. The Bertz CT molecular complexity index is 766. The number of esters is 3. The summed E-state index contributed by atoms with van der Waals surface area (Å²) in [5.41, 5.74) is 0. The maximum Gasteiger partial charge on any atom is 0.306 e. The average molecular weight is 723 g/mol. The molecule has 0 unspecified atom stereocenters. The number of rotatable bonds is 40. The minimum Gasteiger partial charge on any atom is -0.462 e. The van der Waals surface area contributed by atoms with Gasteiger partial charge in [0.15, 0.2) is 6.10 Å². The molecular formula is C45H86O6. The second-order valence-corrected chi connectivity index (χ2v) is 15.8. The summed E-state index contributed by atoms with van der Waals surface area (Å²) in [6.45, 7) is 8.95. The third-order valence-electron chi connectivity index (χ3n) is 10.0. The van der Waals surface area contributed by atoms with Crippen LogP contribution >= 0.6 is 0 Å². The van der Waals surface area contributed by atoms with Gasteiger partial charge in [0.05, 0.1) is 0 Å². The summed E-state index contributed by atoms with van der Waals surface area (Å²) < 4.78 is 16.7. The molecule has 1 atom stereocenters. The summed E-state index contributed by atoms with van der Waals surface area (Å²) in [5.74, 6) is -0.0525.